The predicted octanol–water partition coefficient (Wildman–Crippen LogP) is 5.99. The maximum Gasteiger partial charge on any atom is 0.0214 e. The van der Waals surface area contributed by atoms with Crippen molar-refractivity contribution in [2.75, 3.05) is 0 Å². The summed E-state index contributed by atoms with van der Waals surface area (Å²) in [4.78, 5) is 0. The number of fused-ring (bicyclic) bond motifs is 3. The highest BCUT2D eigenvalue weighted by atomic mass is 14.3. The molecule has 2 aliphatic rings. The van der Waals surface area contributed by atoms with Crippen LogP contribution < -0.4 is 0 Å². The standard InChI is InChI=1S/C24H18/c1-2-7-17(8-3-1)18-13-14-20(15-18)22-11-6-12-23-21-10-5-4-9-19(21)16-24(22)23/h1-15,20H,16H2. The fourth-order valence-electron chi connectivity index (χ4n) is 4.02. The van der Waals surface area contributed by atoms with Crippen molar-refractivity contribution in [2.24, 2.45) is 0 Å². The molecule has 0 fully saturated rings. The van der Waals surface area contributed by atoms with Crippen LogP contribution in [-0.4, -0.2) is 0 Å². The fourth-order valence-corrected chi connectivity index (χ4v) is 4.02. The van der Waals surface area contributed by atoms with Crippen LogP contribution in [0.4, 0.5) is 0 Å². The van der Waals surface area contributed by atoms with Gasteiger partial charge in [-0.2, -0.15) is 0 Å². The van der Waals surface area contributed by atoms with Crippen molar-refractivity contribution in [3.8, 4) is 11.1 Å². The van der Waals surface area contributed by atoms with Crippen molar-refractivity contribution < 1.29 is 0 Å². The summed E-state index contributed by atoms with van der Waals surface area (Å²) in [6.07, 6.45) is 8.05. The molecule has 0 radical (unpaired) electrons. The van der Waals surface area contributed by atoms with Crippen molar-refractivity contribution in [2.45, 2.75) is 12.3 Å². The summed E-state index contributed by atoms with van der Waals surface area (Å²) < 4.78 is 0. The van der Waals surface area contributed by atoms with Gasteiger partial charge < -0.3 is 0 Å². The van der Waals surface area contributed by atoms with Crippen LogP contribution in [0.5, 0.6) is 0 Å². The first kappa shape index (κ1) is 13.6. The average molecular weight is 306 g/mol. The van der Waals surface area contributed by atoms with Crippen molar-refractivity contribution in [1.29, 1.82) is 0 Å². The number of allylic oxidation sites excluding steroid dienone is 4. The van der Waals surface area contributed by atoms with Gasteiger partial charge in [-0.05, 0) is 45.4 Å². The van der Waals surface area contributed by atoms with Crippen LogP contribution in [0.2, 0.25) is 0 Å². The monoisotopic (exact) mass is 306 g/mol. The van der Waals surface area contributed by atoms with Gasteiger partial charge >= 0.3 is 0 Å². The Hall–Kier alpha value is -2.86. The molecule has 0 aliphatic heterocycles. The van der Waals surface area contributed by atoms with Gasteiger partial charge in [0.1, 0.15) is 0 Å². The quantitative estimate of drug-likeness (QED) is 0.426. The first-order chi connectivity index (χ1) is 11.9. The molecule has 0 saturated heterocycles. The third kappa shape index (κ3) is 2.07. The van der Waals surface area contributed by atoms with E-state index in [0.29, 0.717) is 5.92 Å². The largest absolute Gasteiger partial charge is 0.0726 e. The van der Waals surface area contributed by atoms with E-state index >= 15 is 0 Å². The first-order valence-corrected chi connectivity index (χ1v) is 8.56. The van der Waals surface area contributed by atoms with Crippen LogP contribution in [0.1, 0.15) is 28.2 Å². The summed E-state index contributed by atoms with van der Waals surface area (Å²) in [7, 11) is 0. The molecule has 0 N–H and O–H groups in total. The minimum absolute atomic E-state index is 0.379. The third-order valence-corrected chi connectivity index (χ3v) is 5.20. The van der Waals surface area contributed by atoms with E-state index in [9.17, 15) is 0 Å². The lowest BCUT2D eigenvalue weighted by Crippen LogP contribution is -1.96. The van der Waals surface area contributed by atoms with Gasteiger partial charge in [0.2, 0.25) is 0 Å². The summed E-state index contributed by atoms with van der Waals surface area (Å²) in [5.41, 5.74) is 9.85. The fraction of sp³-hybridized carbons (Fsp3) is 0.0833. The molecule has 0 aromatic heterocycles. The Balaban J connectivity index is 1.57. The van der Waals surface area contributed by atoms with Crippen molar-refractivity contribution >= 4 is 5.57 Å². The third-order valence-electron chi connectivity index (χ3n) is 5.20. The summed E-state index contributed by atoms with van der Waals surface area (Å²) in [5, 5.41) is 0. The van der Waals surface area contributed by atoms with Crippen molar-refractivity contribution in [3.05, 3.63) is 113 Å². The molecule has 0 heteroatoms. The predicted molar refractivity (Wildman–Crippen MR) is 101 cm³/mol. The second-order valence-electron chi connectivity index (χ2n) is 6.58. The molecule has 2 aliphatic carbocycles. The summed E-state index contributed by atoms with van der Waals surface area (Å²) in [6.45, 7) is 0. The SMILES string of the molecule is C1=CC(c2cccc3c2Cc2ccccc2-3)C=C1c1ccccc1. The number of rotatable bonds is 2. The van der Waals surface area contributed by atoms with Gasteiger partial charge in [0.15, 0.2) is 0 Å². The molecular formula is C24H18. The molecule has 1 atom stereocenters. The van der Waals surface area contributed by atoms with E-state index in [-0.39, 0.29) is 0 Å². The highest BCUT2D eigenvalue weighted by Crippen LogP contribution is 2.42. The van der Waals surface area contributed by atoms with E-state index in [1.807, 2.05) is 0 Å². The van der Waals surface area contributed by atoms with Crippen LogP contribution in [0.15, 0.2) is 91.0 Å². The van der Waals surface area contributed by atoms with Gasteiger partial charge in [-0.3, -0.25) is 0 Å². The summed E-state index contributed by atoms with van der Waals surface area (Å²) >= 11 is 0. The van der Waals surface area contributed by atoms with E-state index in [1.165, 1.54) is 39.0 Å². The molecule has 0 amide bonds. The number of hydrogen-bond acceptors (Lipinski definition) is 0. The van der Waals surface area contributed by atoms with Crippen LogP contribution in [0.25, 0.3) is 16.7 Å². The van der Waals surface area contributed by atoms with Crippen LogP contribution in [0.3, 0.4) is 0 Å². The Labute approximate surface area is 142 Å². The lowest BCUT2D eigenvalue weighted by atomic mass is 9.92. The van der Waals surface area contributed by atoms with Crippen LogP contribution >= 0.6 is 0 Å². The topological polar surface area (TPSA) is 0 Å². The Kier molecular flexibility index (Phi) is 3.02. The molecule has 3 aromatic carbocycles. The first-order valence-electron chi connectivity index (χ1n) is 8.56. The number of benzene rings is 3. The zero-order chi connectivity index (χ0) is 15.9. The van der Waals surface area contributed by atoms with Crippen LogP contribution in [-0.2, 0) is 6.42 Å². The Morgan fingerprint density at radius 3 is 2.42 bits per heavy atom. The maximum atomic E-state index is 2.40. The maximum absolute atomic E-state index is 2.40. The van der Waals surface area contributed by atoms with E-state index in [0.717, 1.165) is 6.42 Å². The van der Waals surface area contributed by atoms with Gasteiger partial charge in [-0.25, -0.2) is 0 Å². The van der Waals surface area contributed by atoms with Gasteiger partial charge in [0, 0.05) is 5.92 Å². The molecule has 0 spiro atoms. The lowest BCUT2D eigenvalue weighted by molar-refractivity contribution is 1.06. The minimum Gasteiger partial charge on any atom is -0.0726 e. The molecule has 5 rings (SSSR count). The van der Waals surface area contributed by atoms with Crippen molar-refractivity contribution in [1.82, 2.24) is 0 Å². The molecule has 0 heterocycles. The molecule has 24 heavy (non-hydrogen) atoms. The van der Waals surface area contributed by atoms with Gasteiger partial charge in [-0.15, -0.1) is 0 Å². The van der Waals surface area contributed by atoms with Crippen LogP contribution in [0, 0.1) is 0 Å². The van der Waals surface area contributed by atoms with Crippen molar-refractivity contribution in [3.63, 3.8) is 0 Å². The Morgan fingerprint density at radius 2 is 1.50 bits per heavy atom. The highest BCUT2D eigenvalue weighted by molar-refractivity contribution is 5.81. The molecule has 114 valence electrons. The molecule has 3 aromatic rings. The Bertz CT molecular complexity index is 974. The molecule has 0 saturated carbocycles. The normalized spacial score (nSPS) is 17.5. The smallest absolute Gasteiger partial charge is 0.0214 e. The second-order valence-corrected chi connectivity index (χ2v) is 6.58. The zero-order valence-electron chi connectivity index (χ0n) is 13.4. The minimum atomic E-state index is 0.379. The zero-order valence-corrected chi connectivity index (χ0v) is 13.4. The average Bonchev–Trinajstić information content (AvgIpc) is 3.27. The lowest BCUT2D eigenvalue weighted by Gasteiger charge is -2.12. The molecule has 1 unspecified atom stereocenters. The summed E-state index contributed by atoms with van der Waals surface area (Å²) in [6, 6.07) is 26.2. The van der Waals surface area contributed by atoms with Gasteiger partial charge in [-0.1, -0.05) is 91.0 Å². The molecule has 0 bridgehead atoms. The van der Waals surface area contributed by atoms with E-state index in [4.69, 9.17) is 0 Å². The van der Waals surface area contributed by atoms with Gasteiger partial charge in [0.25, 0.3) is 0 Å². The molecule has 0 nitrogen and oxygen atoms in total. The van der Waals surface area contributed by atoms with Gasteiger partial charge in [0.05, 0.1) is 0 Å². The van der Waals surface area contributed by atoms with E-state index < -0.39 is 0 Å². The van der Waals surface area contributed by atoms with E-state index in [1.54, 1.807) is 0 Å². The summed E-state index contributed by atoms with van der Waals surface area (Å²) in [5.74, 6) is 0.379. The number of hydrogen-bond donors (Lipinski definition) is 0. The molecular weight excluding hydrogens is 288 g/mol. The van der Waals surface area contributed by atoms with E-state index in [2.05, 4.69) is 91.0 Å². The Morgan fingerprint density at radius 1 is 0.708 bits per heavy atom. The second kappa shape index (κ2) is 5.35. The highest BCUT2D eigenvalue weighted by Gasteiger charge is 2.24.